The van der Waals surface area contributed by atoms with Crippen LogP contribution in [0.1, 0.15) is 6.92 Å². The summed E-state index contributed by atoms with van der Waals surface area (Å²) in [5, 5.41) is 8.92. The van der Waals surface area contributed by atoms with Gasteiger partial charge in [0.15, 0.2) is 6.61 Å². The van der Waals surface area contributed by atoms with Crippen LogP contribution < -0.4 is 9.64 Å². The molecule has 17 heavy (non-hydrogen) atoms. The number of carbonyl (C=O) groups excluding carboxylic acids is 1. The molecule has 0 bridgehead atoms. The molecule has 1 aliphatic rings. The standard InChI is InChI=1S/C11H10FNO4/c1-6(11(15)16)13-8-4-7(12)2-3-9(8)17-5-10(13)14/h2-4,6H,5H2,1H3,(H,15,16). The van der Waals surface area contributed by atoms with E-state index in [1.165, 1.54) is 19.1 Å². The summed E-state index contributed by atoms with van der Waals surface area (Å²) < 4.78 is 18.2. The molecule has 0 spiro atoms. The molecule has 90 valence electrons. The average molecular weight is 239 g/mol. The lowest BCUT2D eigenvalue weighted by molar-refractivity contribution is -0.140. The zero-order chi connectivity index (χ0) is 12.6. The molecule has 0 aliphatic carbocycles. The summed E-state index contributed by atoms with van der Waals surface area (Å²) in [4.78, 5) is 23.6. The number of aliphatic carboxylic acids is 1. The van der Waals surface area contributed by atoms with E-state index in [9.17, 15) is 14.0 Å². The molecule has 1 aliphatic heterocycles. The second kappa shape index (κ2) is 4.04. The van der Waals surface area contributed by atoms with Crippen molar-refractivity contribution < 1.29 is 23.8 Å². The number of fused-ring (bicyclic) bond motifs is 1. The van der Waals surface area contributed by atoms with Crippen molar-refractivity contribution in [1.82, 2.24) is 0 Å². The molecule has 0 fully saturated rings. The van der Waals surface area contributed by atoms with E-state index in [-0.39, 0.29) is 12.3 Å². The molecular formula is C11H10FNO4. The molecule has 0 saturated carbocycles. The molecule has 6 heteroatoms. The summed E-state index contributed by atoms with van der Waals surface area (Å²) in [6.07, 6.45) is 0. The normalized spacial score (nSPS) is 16.1. The predicted molar refractivity (Wildman–Crippen MR) is 56.5 cm³/mol. The van der Waals surface area contributed by atoms with Crippen molar-refractivity contribution >= 4 is 17.6 Å². The van der Waals surface area contributed by atoms with Gasteiger partial charge in [-0.25, -0.2) is 9.18 Å². The van der Waals surface area contributed by atoms with E-state index in [4.69, 9.17) is 9.84 Å². The first-order valence-corrected chi connectivity index (χ1v) is 4.98. The number of rotatable bonds is 2. The summed E-state index contributed by atoms with van der Waals surface area (Å²) in [6.45, 7) is 1.12. The molecule has 1 aromatic rings. The van der Waals surface area contributed by atoms with Crippen LogP contribution in [0.5, 0.6) is 5.75 Å². The second-order valence-electron chi connectivity index (χ2n) is 3.68. The predicted octanol–water partition coefficient (Wildman–Crippen LogP) is 1.02. The van der Waals surface area contributed by atoms with E-state index in [1.807, 2.05) is 0 Å². The monoisotopic (exact) mass is 239 g/mol. The molecule has 1 heterocycles. The first-order valence-electron chi connectivity index (χ1n) is 4.98. The number of nitrogens with zero attached hydrogens (tertiary/aromatic N) is 1. The van der Waals surface area contributed by atoms with Crippen LogP contribution in [0.25, 0.3) is 0 Å². The van der Waals surface area contributed by atoms with Gasteiger partial charge in [-0.05, 0) is 19.1 Å². The van der Waals surface area contributed by atoms with Gasteiger partial charge in [0.2, 0.25) is 0 Å². The Balaban J connectivity index is 2.49. The fourth-order valence-electron chi connectivity index (χ4n) is 1.68. The van der Waals surface area contributed by atoms with E-state index < -0.39 is 23.7 Å². The van der Waals surface area contributed by atoms with Crippen LogP contribution >= 0.6 is 0 Å². The number of hydrogen-bond donors (Lipinski definition) is 1. The van der Waals surface area contributed by atoms with Gasteiger partial charge in [0.1, 0.15) is 17.6 Å². The number of carboxylic acid groups (broad SMARTS) is 1. The minimum absolute atomic E-state index is 0.149. The zero-order valence-electron chi connectivity index (χ0n) is 9.01. The highest BCUT2D eigenvalue weighted by molar-refractivity contribution is 6.02. The van der Waals surface area contributed by atoms with Gasteiger partial charge in [-0.2, -0.15) is 0 Å². The van der Waals surface area contributed by atoms with Crippen molar-refractivity contribution in [1.29, 1.82) is 0 Å². The summed E-state index contributed by atoms with van der Waals surface area (Å²) in [5.41, 5.74) is 0.149. The fourth-order valence-corrected chi connectivity index (χ4v) is 1.68. The number of anilines is 1. The SMILES string of the molecule is CC(C(=O)O)N1C(=O)COc2ccc(F)cc21. The average Bonchev–Trinajstić information content (AvgIpc) is 2.27. The minimum Gasteiger partial charge on any atom is -0.482 e. The van der Waals surface area contributed by atoms with E-state index >= 15 is 0 Å². The maximum atomic E-state index is 13.1. The molecule has 0 radical (unpaired) electrons. The van der Waals surface area contributed by atoms with Crippen molar-refractivity contribution in [3.8, 4) is 5.75 Å². The van der Waals surface area contributed by atoms with Gasteiger partial charge < -0.3 is 9.84 Å². The van der Waals surface area contributed by atoms with Gasteiger partial charge >= 0.3 is 5.97 Å². The van der Waals surface area contributed by atoms with Crippen molar-refractivity contribution in [2.24, 2.45) is 0 Å². The highest BCUT2D eigenvalue weighted by Gasteiger charge is 2.33. The van der Waals surface area contributed by atoms with Crippen LogP contribution in [0.4, 0.5) is 10.1 Å². The van der Waals surface area contributed by atoms with E-state index in [0.29, 0.717) is 5.75 Å². The molecule has 5 nitrogen and oxygen atoms in total. The van der Waals surface area contributed by atoms with E-state index in [1.54, 1.807) is 0 Å². The molecule has 0 saturated heterocycles. The Labute approximate surface area is 96.4 Å². The Kier molecular flexibility index (Phi) is 2.71. The largest absolute Gasteiger partial charge is 0.482 e. The molecule has 0 aromatic heterocycles. The van der Waals surface area contributed by atoms with Crippen LogP contribution in [0.3, 0.4) is 0 Å². The smallest absolute Gasteiger partial charge is 0.326 e. The first kappa shape index (κ1) is 11.4. The van der Waals surface area contributed by atoms with Crippen molar-refractivity contribution in [2.45, 2.75) is 13.0 Å². The first-order chi connectivity index (χ1) is 8.00. The van der Waals surface area contributed by atoms with Gasteiger partial charge in [-0.3, -0.25) is 9.69 Å². The maximum absolute atomic E-state index is 13.1. The second-order valence-corrected chi connectivity index (χ2v) is 3.68. The Morgan fingerprint density at radius 3 is 2.94 bits per heavy atom. The number of ether oxygens (including phenoxy) is 1. The van der Waals surface area contributed by atoms with Gasteiger partial charge in [0.25, 0.3) is 5.91 Å². The molecule has 1 unspecified atom stereocenters. The van der Waals surface area contributed by atoms with Crippen LogP contribution in [0.2, 0.25) is 0 Å². The number of hydrogen-bond acceptors (Lipinski definition) is 3. The number of halogens is 1. The number of amides is 1. The molecule has 1 aromatic carbocycles. The summed E-state index contributed by atoms with van der Waals surface area (Å²) in [7, 11) is 0. The van der Waals surface area contributed by atoms with E-state index in [2.05, 4.69) is 0 Å². The van der Waals surface area contributed by atoms with Gasteiger partial charge in [-0.1, -0.05) is 0 Å². The number of carboxylic acids is 1. The molecular weight excluding hydrogens is 229 g/mol. The lowest BCUT2D eigenvalue weighted by Crippen LogP contribution is -2.48. The van der Waals surface area contributed by atoms with Crippen LogP contribution in [0.15, 0.2) is 18.2 Å². The quantitative estimate of drug-likeness (QED) is 0.836. The Morgan fingerprint density at radius 2 is 2.29 bits per heavy atom. The summed E-state index contributed by atoms with van der Waals surface area (Å²) in [5.74, 6) is -1.91. The van der Waals surface area contributed by atoms with Crippen LogP contribution in [-0.4, -0.2) is 29.6 Å². The third-order valence-corrected chi connectivity index (χ3v) is 2.55. The summed E-state index contributed by atoms with van der Waals surface area (Å²) in [6, 6.07) is 2.59. The van der Waals surface area contributed by atoms with Crippen LogP contribution in [-0.2, 0) is 9.59 Å². The molecule has 1 atom stereocenters. The topological polar surface area (TPSA) is 66.8 Å². The minimum atomic E-state index is -1.16. The van der Waals surface area contributed by atoms with Crippen molar-refractivity contribution in [3.63, 3.8) is 0 Å². The Morgan fingerprint density at radius 1 is 1.59 bits per heavy atom. The highest BCUT2D eigenvalue weighted by Crippen LogP contribution is 2.33. The van der Waals surface area contributed by atoms with Gasteiger partial charge in [-0.15, -0.1) is 0 Å². The third kappa shape index (κ3) is 1.93. The Bertz CT molecular complexity index is 488. The number of benzene rings is 1. The maximum Gasteiger partial charge on any atom is 0.326 e. The van der Waals surface area contributed by atoms with Crippen molar-refractivity contribution in [3.05, 3.63) is 24.0 Å². The molecule has 1 N–H and O–H groups in total. The fraction of sp³-hybridized carbons (Fsp3) is 0.273. The summed E-state index contributed by atoms with van der Waals surface area (Å²) >= 11 is 0. The Hall–Kier alpha value is -2.11. The number of carbonyl (C=O) groups is 2. The lowest BCUT2D eigenvalue weighted by atomic mass is 10.1. The lowest BCUT2D eigenvalue weighted by Gasteiger charge is -2.31. The van der Waals surface area contributed by atoms with E-state index in [0.717, 1.165) is 11.0 Å². The molecule has 2 rings (SSSR count). The third-order valence-electron chi connectivity index (χ3n) is 2.55. The van der Waals surface area contributed by atoms with Gasteiger partial charge in [0, 0.05) is 6.07 Å². The van der Waals surface area contributed by atoms with Gasteiger partial charge in [0.05, 0.1) is 5.69 Å². The van der Waals surface area contributed by atoms with Crippen molar-refractivity contribution in [2.75, 3.05) is 11.5 Å². The molecule has 1 amide bonds. The zero-order valence-corrected chi connectivity index (χ0v) is 9.01. The van der Waals surface area contributed by atoms with Crippen LogP contribution in [0, 0.1) is 5.82 Å². The highest BCUT2D eigenvalue weighted by atomic mass is 19.1.